The molecule has 0 aliphatic heterocycles. The number of aryl methyl sites for hydroxylation is 2. The number of nitrogens with two attached hydrogens (primary N) is 2. The fraction of sp³-hybridized carbons (Fsp3) is 0.375. The molecule has 0 spiro atoms. The third-order valence-electron chi connectivity index (χ3n) is 8.17. The van der Waals surface area contributed by atoms with Crippen molar-refractivity contribution < 1.29 is 45.3 Å². The average molecular weight is 930 g/mol. The van der Waals surface area contributed by atoms with Crippen LogP contribution in [0.15, 0.2) is 124 Å². The predicted octanol–water partition coefficient (Wildman–Crippen LogP) is 7.79. The molecule has 2 aromatic heterocycles. The highest BCUT2D eigenvalue weighted by atomic mass is 79.9. The van der Waals surface area contributed by atoms with E-state index in [1.54, 1.807) is 20.8 Å². The molecule has 4 aromatic rings. The van der Waals surface area contributed by atoms with Gasteiger partial charge in [0.15, 0.2) is 11.6 Å². The quantitative estimate of drug-likeness (QED) is 0.0382. The van der Waals surface area contributed by atoms with Crippen LogP contribution in [0.5, 0.6) is 0 Å². The van der Waals surface area contributed by atoms with E-state index >= 15 is 0 Å². The lowest BCUT2D eigenvalue weighted by atomic mass is 10.0. The molecule has 2 atom stereocenters. The fourth-order valence-corrected chi connectivity index (χ4v) is 5.25. The van der Waals surface area contributed by atoms with E-state index in [1.165, 1.54) is 6.92 Å². The largest absolute Gasteiger partial charge is 0.480 e. The zero-order valence-electron chi connectivity index (χ0n) is 33.8. The summed E-state index contributed by atoms with van der Waals surface area (Å²) in [6, 6.07) is 17.3. The first-order valence-electron chi connectivity index (χ1n) is 18.5. The van der Waals surface area contributed by atoms with Gasteiger partial charge in [-0.2, -0.15) is 0 Å². The highest BCUT2D eigenvalue weighted by molar-refractivity contribution is 9.09. The lowest BCUT2D eigenvalue weighted by Crippen LogP contribution is -2.30. The Bertz CT molecular complexity index is 2240. The van der Waals surface area contributed by atoms with Crippen LogP contribution in [0.1, 0.15) is 68.7 Å². The molecule has 0 aliphatic rings. The van der Waals surface area contributed by atoms with E-state index in [-0.39, 0.29) is 56.5 Å². The number of carboxylic acids is 1. The Hall–Kier alpha value is -5.83. The van der Waals surface area contributed by atoms with Gasteiger partial charge in [0.1, 0.15) is 41.0 Å². The molecule has 0 radical (unpaired) electrons. The number of aliphatic carboxylic acids is 1. The van der Waals surface area contributed by atoms with E-state index in [1.807, 2.05) is 60.7 Å². The number of hydrogen-bond donors (Lipinski definition) is 3. The van der Waals surface area contributed by atoms with Crippen molar-refractivity contribution >= 4 is 33.4 Å². The molecule has 2 aromatic carbocycles. The third-order valence-corrected chi connectivity index (χ3v) is 8.66. The molecule has 2 unspecified atom stereocenters. The van der Waals surface area contributed by atoms with Gasteiger partial charge in [0.25, 0.3) is 0 Å². The summed E-state index contributed by atoms with van der Waals surface area (Å²) in [6.45, 7) is 6.38. The van der Waals surface area contributed by atoms with E-state index in [2.05, 4.69) is 45.3 Å². The summed E-state index contributed by atoms with van der Waals surface area (Å²) >= 11 is 2.79. The highest BCUT2D eigenvalue weighted by Gasteiger charge is 2.18. The number of amidine groups is 1. The Morgan fingerprint density at radius 1 is 0.754 bits per heavy atom. The zero-order chi connectivity index (χ0) is 45.6. The number of rotatable bonds is 18. The van der Waals surface area contributed by atoms with Crippen molar-refractivity contribution in [3.05, 3.63) is 140 Å². The first-order valence-corrected chi connectivity index (χ1v) is 19.6. The van der Waals surface area contributed by atoms with Crippen molar-refractivity contribution in [1.82, 2.24) is 19.4 Å². The van der Waals surface area contributed by atoms with E-state index in [0.29, 0.717) is 11.6 Å². The SMILES string of the molecule is CC(N)=NCC/C(F)=C(\F)CC(N)C(=O)O.Cc1noc(=O)n1CC/C(F)=C(\F)CBr.Cc1noc(=O)n1CC/C(F)=C(\F)CC(C)N=C(c1ccccc1)c1ccccc1. The minimum atomic E-state index is -1.44. The molecule has 14 nitrogen and oxygen atoms in total. The molecule has 0 bridgehead atoms. The van der Waals surface area contributed by atoms with Gasteiger partial charge >= 0.3 is 17.5 Å². The maximum absolute atomic E-state index is 14.4. The summed E-state index contributed by atoms with van der Waals surface area (Å²) in [6.07, 6.45) is -1.54. The van der Waals surface area contributed by atoms with Gasteiger partial charge in [-0.25, -0.2) is 35.9 Å². The van der Waals surface area contributed by atoms with Crippen LogP contribution in [0, 0.1) is 13.8 Å². The Morgan fingerprint density at radius 3 is 1.57 bits per heavy atom. The molecular weight excluding hydrogens is 882 g/mol. The number of aromatic nitrogens is 4. The Balaban J connectivity index is 0.000000350. The molecular formula is C40H47BrF6N8O6. The molecule has 5 N–H and O–H groups in total. The van der Waals surface area contributed by atoms with Crippen LogP contribution in [0.4, 0.5) is 26.3 Å². The lowest BCUT2D eigenvalue weighted by Gasteiger charge is -2.12. The van der Waals surface area contributed by atoms with E-state index in [4.69, 9.17) is 16.6 Å². The molecule has 0 amide bonds. The van der Waals surface area contributed by atoms with Crippen molar-refractivity contribution in [2.75, 3.05) is 11.9 Å². The van der Waals surface area contributed by atoms with Crippen LogP contribution in [0.2, 0.25) is 0 Å². The third kappa shape index (κ3) is 18.1. The Labute approximate surface area is 355 Å². The molecule has 0 aliphatic carbocycles. The summed E-state index contributed by atoms with van der Waals surface area (Å²) < 4.78 is 91.5. The minimum Gasteiger partial charge on any atom is -0.480 e. The number of benzene rings is 2. The van der Waals surface area contributed by atoms with Gasteiger partial charge in [-0.05, 0) is 27.7 Å². The van der Waals surface area contributed by atoms with Gasteiger partial charge in [0, 0.05) is 62.9 Å². The smallest absolute Gasteiger partial charge is 0.441 e. The van der Waals surface area contributed by atoms with E-state index in [9.17, 15) is 40.7 Å². The number of halogens is 7. The highest BCUT2D eigenvalue weighted by Crippen LogP contribution is 2.22. The molecule has 0 saturated carbocycles. The van der Waals surface area contributed by atoms with Gasteiger partial charge in [-0.15, -0.1) is 0 Å². The monoisotopic (exact) mass is 928 g/mol. The van der Waals surface area contributed by atoms with Crippen molar-refractivity contribution in [2.24, 2.45) is 21.5 Å². The molecule has 21 heteroatoms. The first-order chi connectivity index (χ1) is 28.9. The second-order valence-electron chi connectivity index (χ2n) is 13.0. The van der Waals surface area contributed by atoms with Crippen LogP contribution in [0.3, 0.4) is 0 Å². The Kier molecular flexibility index (Phi) is 22.2. The normalized spacial score (nSPS) is 13.6. The Morgan fingerprint density at radius 2 is 1.18 bits per heavy atom. The molecule has 4 rings (SSSR count). The lowest BCUT2D eigenvalue weighted by molar-refractivity contribution is -0.138. The summed E-state index contributed by atoms with van der Waals surface area (Å²) in [5.74, 6) is -7.49. The number of carbonyl (C=O) groups is 1. The van der Waals surface area contributed by atoms with Crippen molar-refractivity contribution in [3.8, 4) is 0 Å². The second kappa shape index (κ2) is 26.4. The fourth-order valence-electron chi connectivity index (χ4n) is 4.94. The minimum absolute atomic E-state index is 0.0143. The maximum Gasteiger partial charge on any atom is 0.441 e. The van der Waals surface area contributed by atoms with Crippen LogP contribution in [-0.4, -0.2) is 66.0 Å². The number of aliphatic imine (C=N–C) groups is 2. The van der Waals surface area contributed by atoms with Gasteiger partial charge in [-0.3, -0.25) is 33.0 Å². The number of nitrogens with zero attached hydrogens (tertiary/aromatic N) is 6. The molecule has 2 heterocycles. The average Bonchev–Trinajstić information content (AvgIpc) is 3.74. The van der Waals surface area contributed by atoms with Gasteiger partial charge < -0.3 is 16.6 Å². The molecule has 61 heavy (non-hydrogen) atoms. The van der Waals surface area contributed by atoms with E-state index < -0.39 is 70.9 Å². The van der Waals surface area contributed by atoms with Gasteiger partial charge in [-0.1, -0.05) is 86.9 Å². The maximum atomic E-state index is 14.4. The second-order valence-corrected chi connectivity index (χ2v) is 13.6. The van der Waals surface area contributed by atoms with Gasteiger partial charge in [0.2, 0.25) is 0 Å². The first kappa shape index (κ1) is 51.3. The number of allylic oxidation sites excluding steroid dienone is 3. The summed E-state index contributed by atoms with van der Waals surface area (Å²) in [5, 5.41) is 15.1. The molecule has 0 fully saturated rings. The van der Waals surface area contributed by atoms with Crippen LogP contribution < -0.4 is 23.0 Å². The zero-order valence-corrected chi connectivity index (χ0v) is 35.4. The molecule has 0 saturated heterocycles. The van der Waals surface area contributed by atoms with Crippen LogP contribution >= 0.6 is 15.9 Å². The van der Waals surface area contributed by atoms with E-state index in [0.717, 1.165) is 26.0 Å². The van der Waals surface area contributed by atoms with Gasteiger partial charge in [0.05, 0.1) is 22.9 Å². The topological polar surface area (TPSA) is 210 Å². The number of alkyl halides is 1. The number of carboxylic acid groups (broad SMARTS) is 1. The van der Waals surface area contributed by atoms with Crippen molar-refractivity contribution in [3.63, 3.8) is 0 Å². The summed E-state index contributed by atoms with van der Waals surface area (Å²) in [5.41, 5.74) is 12.8. The summed E-state index contributed by atoms with van der Waals surface area (Å²) in [7, 11) is 0. The van der Waals surface area contributed by atoms with Crippen molar-refractivity contribution in [1.29, 1.82) is 0 Å². The number of hydrogen-bond acceptors (Lipinski definition) is 10. The molecule has 332 valence electrons. The standard InChI is InChI=1S/C23H23F2N3O2.C9H15F2N3O2.C8H9BrF2N2O2/c1-16(15-21(25)20(24)13-14-28-17(2)27-30-23(28)29)26-22(18-9-5-3-6-10-18)19-11-7-4-8-12-19;1-5(12)14-3-2-6(10)7(11)4-8(13)9(15)16;1-5-12-15-8(14)13(5)3-2-6(10)7(11)4-9/h3-12,16H,13-15H2,1-2H3;8H,2-4,13H2,1H3,(H2,12,14)(H,15,16);2-4H2,1H3/b21-20+;2*7-6+. The van der Waals surface area contributed by atoms with Crippen molar-refractivity contribution in [2.45, 2.75) is 85.0 Å². The summed E-state index contributed by atoms with van der Waals surface area (Å²) in [4.78, 5) is 41.1. The predicted molar refractivity (Wildman–Crippen MR) is 221 cm³/mol. The van der Waals surface area contributed by atoms with Crippen LogP contribution in [0.25, 0.3) is 0 Å². The van der Waals surface area contributed by atoms with Crippen LogP contribution in [-0.2, 0) is 17.9 Å².